The molecule has 0 bridgehead atoms. The monoisotopic (exact) mass is 609 g/mol. The van der Waals surface area contributed by atoms with Gasteiger partial charge in [-0.05, 0) is 63.8 Å². The molecule has 2 atom stereocenters. The molecule has 0 amide bonds. The SMILES string of the molecule is CC(OP(OC(C)[Si]C(c1ccccc1)c1ccccc1)N(C(C)C)C(C)C)[Si]C(c1ccccc1)c1ccccc1. The highest BCUT2D eigenvalue weighted by Gasteiger charge is 2.33. The molecule has 0 aromatic heterocycles. The third-order valence-corrected chi connectivity index (χ3v) is 12.9. The average Bonchev–Trinajstić information content (AvgIpc) is 3.00. The van der Waals surface area contributed by atoms with Crippen molar-refractivity contribution >= 4 is 27.6 Å². The Kier molecular flexibility index (Phi) is 12.8. The van der Waals surface area contributed by atoms with E-state index in [1.54, 1.807) is 0 Å². The number of rotatable bonds is 15. The van der Waals surface area contributed by atoms with Crippen LogP contribution in [-0.2, 0) is 9.05 Å². The lowest BCUT2D eigenvalue weighted by molar-refractivity contribution is 0.159. The molecule has 0 heterocycles. The van der Waals surface area contributed by atoms with E-state index in [2.05, 4.69) is 168 Å². The Morgan fingerprint density at radius 2 is 0.714 bits per heavy atom. The van der Waals surface area contributed by atoms with E-state index in [4.69, 9.17) is 9.05 Å². The van der Waals surface area contributed by atoms with Crippen molar-refractivity contribution in [2.75, 3.05) is 0 Å². The van der Waals surface area contributed by atoms with Gasteiger partial charge in [-0.2, -0.15) is 0 Å². The molecule has 4 aromatic rings. The average molecular weight is 610 g/mol. The van der Waals surface area contributed by atoms with Gasteiger partial charge in [-0.1, -0.05) is 121 Å². The predicted molar refractivity (Wildman–Crippen MR) is 181 cm³/mol. The molecule has 0 saturated heterocycles. The summed E-state index contributed by atoms with van der Waals surface area (Å²) in [6.07, 6.45) is 0. The van der Waals surface area contributed by atoms with Gasteiger partial charge in [0.15, 0.2) is 0 Å². The molecule has 0 aliphatic rings. The zero-order chi connectivity index (χ0) is 29.9. The van der Waals surface area contributed by atoms with Crippen LogP contribution in [0.4, 0.5) is 0 Å². The van der Waals surface area contributed by atoms with Gasteiger partial charge in [-0.25, -0.2) is 4.67 Å². The van der Waals surface area contributed by atoms with Gasteiger partial charge >= 0.3 is 0 Å². The second kappa shape index (κ2) is 16.5. The van der Waals surface area contributed by atoms with Gasteiger partial charge in [0.1, 0.15) is 0 Å². The molecule has 2 unspecified atom stereocenters. The molecule has 4 rings (SSSR count). The highest BCUT2D eigenvalue weighted by molar-refractivity contribution is 7.44. The van der Waals surface area contributed by atoms with Gasteiger partial charge in [0.2, 0.25) is 0 Å². The molecule has 0 aliphatic heterocycles. The summed E-state index contributed by atoms with van der Waals surface area (Å²) >= 11 is 0. The molecule has 4 radical (unpaired) electrons. The minimum absolute atomic E-state index is 0.0381. The summed E-state index contributed by atoms with van der Waals surface area (Å²) in [5.41, 5.74) is 5.96. The second-order valence-corrected chi connectivity index (χ2v) is 15.9. The van der Waals surface area contributed by atoms with E-state index in [1.165, 1.54) is 22.3 Å². The van der Waals surface area contributed by atoms with Crippen LogP contribution in [0, 0.1) is 0 Å². The first-order chi connectivity index (χ1) is 20.3. The van der Waals surface area contributed by atoms with Gasteiger partial charge < -0.3 is 9.05 Å². The Balaban J connectivity index is 1.55. The molecule has 0 N–H and O–H groups in total. The number of hydrogen-bond donors (Lipinski definition) is 0. The van der Waals surface area contributed by atoms with Gasteiger partial charge in [0.05, 0.1) is 30.5 Å². The topological polar surface area (TPSA) is 21.7 Å². The molecule has 0 aliphatic carbocycles. The zero-order valence-electron chi connectivity index (χ0n) is 25.7. The van der Waals surface area contributed by atoms with Crippen LogP contribution in [0.25, 0.3) is 0 Å². The standard InChI is InChI=1S/C36H44NO2PSi2/c1-27(2)37(28(3)4)40(38-29(5)41-35(31-19-11-7-12-20-31)32-21-13-8-14-22-32)39-30(6)42-36(33-23-15-9-16-24-33)34-25-17-10-18-26-34/h7-30,35-36H,1-6H3. The van der Waals surface area contributed by atoms with E-state index in [0.717, 1.165) is 0 Å². The van der Waals surface area contributed by atoms with Crippen molar-refractivity contribution in [3.63, 3.8) is 0 Å². The van der Waals surface area contributed by atoms with Crippen LogP contribution in [0.3, 0.4) is 0 Å². The summed E-state index contributed by atoms with van der Waals surface area (Å²) in [5.74, 6) is 0. The first kappa shape index (κ1) is 32.5. The molecule has 42 heavy (non-hydrogen) atoms. The highest BCUT2D eigenvalue weighted by Crippen LogP contribution is 2.48. The third kappa shape index (κ3) is 9.31. The van der Waals surface area contributed by atoms with E-state index in [1.807, 2.05) is 0 Å². The molecule has 0 saturated carbocycles. The summed E-state index contributed by atoms with van der Waals surface area (Å²) in [6.45, 7) is 13.4. The molecule has 0 spiro atoms. The van der Waals surface area contributed by atoms with Crippen LogP contribution >= 0.6 is 8.53 Å². The van der Waals surface area contributed by atoms with Crippen molar-refractivity contribution in [1.29, 1.82) is 0 Å². The van der Waals surface area contributed by atoms with Crippen LogP contribution in [0.1, 0.15) is 74.9 Å². The number of benzene rings is 4. The molecule has 6 heteroatoms. The van der Waals surface area contributed by atoms with Crippen LogP contribution in [-0.4, -0.2) is 47.2 Å². The fourth-order valence-corrected chi connectivity index (χ4v) is 10.3. The summed E-state index contributed by atoms with van der Waals surface area (Å²) in [5, 5.41) is 0. The van der Waals surface area contributed by atoms with Crippen molar-refractivity contribution in [3.8, 4) is 0 Å². The van der Waals surface area contributed by atoms with Gasteiger partial charge in [-0.15, -0.1) is 0 Å². The Labute approximate surface area is 260 Å². The van der Waals surface area contributed by atoms with E-state index < -0.39 is 8.53 Å². The number of hydrogen-bond acceptors (Lipinski definition) is 3. The lowest BCUT2D eigenvalue weighted by atomic mass is 10.0. The van der Waals surface area contributed by atoms with Crippen molar-refractivity contribution in [1.82, 2.24) is 4.67 Å². The second-order valence-electron chi connectivity index (χ2n) is 11.1. The van der Waals surface area contributed by atoms with Crippen LogP contribution in [0.2, 0.25) is 0 Å². The van der Waals surface area contributed by atoms with Gasteiger partial charge in [0.25, 0.3) is 8.53 Å². The summed E-state index contributed by atoms with van der Waals surface area (Å²) in [4.78, 5) is 0. The predicted octanol–water partition coefficient (Wildman–Crippen LogP) is 9.04. The van der Waals surface area contributed by atoms with E-state index in [0.29, 0.717) is 31.1 Å². The fraction of sp³-hybridized carbons (Fsp3) is 0.333. The van der Waals surface area contributed by atoms with Crippen LogP contribution in [0.15, 0.2) is 121 Å². The largest absolute Gasteiger partial charge is 0.323 e. The zero-order valence-corrected chi connectivity index (χ0v) is 28.6. The lowest BCUT2D eigenvalue weighted by Gasteiger charge is -2.39. The molecule has 218 valence electrons. The maximum atomic E-state index is 6.96. The molecular formula is C36H44NO2PSi2. The Bertz CT molecular complexity index is 1120. The Hall–Kier alpha value is -2.38. The quantitative estimate of drug-likeness (QED) is 0.0992. The molecular weight excluding hydrogens is 566 g/mol. The smallest absolute Gasteiger partial charge is 0.259 e. The summed E-state index contributed by atoms with van der Waals surface area (Å²) in [7, 11) is -0.148. The summed E-state index contributed by atoms with van der Waals surface area (Å²) in [6, 6.07) is 43.9. The maximum absolute atomic E-state index is 6.96. The number of nitrogens with zero attached hydrogens (tertiary/aromatic N) is 1. The van der Waals surface area contributed by atoms with E-state index in [-0.39, 0.29) is 22.5 Å². The molecule has 0 fully saturated rings. The molecule has 4 aromatic carbocycles. The van der Waals surface area contributed by atoms with E-state index >= 15 is 0 Å². The minimum atomic E-state index is -1.27. The third-order valence-electron chi connectivity index (χ3n) is 7.08. The van der Waals surface area contributed by atoms with Gasteiger partial charge in [-0.3, -0.25) is 0 Å². The van der Waals surface area contributed by atoms with Crippen molar-refractivity contribution in [3.05, 3.63) is 144 Å². The molecule has 3 nitrogen and oxygen atoms in total. The van der Waals surface area contributed by atoms with Crippen LogP contribution < -0.4 is 0 Å². The highest BCUT2D eigenvalue weighted by atomic mass is 31.2. The first-order valence-electron chi connectivity index (χ1n) is 15.0. The summed E-state index contributed by atoms with van der Waals surface area (Å²) < 4.78 is 16.3. The normalized spacial score (nSPS) is 14.2. The van der Waals surface area contributed by atoms with Crippen LogP contribution in [0.5, 0.6) is 0 Å². The first-order valence-corrected chi connectivity index (χ1v) is 18.4. The Morgan fingerprint density at radius 1 is 0.452 bits per heavy atom. The minimum Gasteiger partial charge on any atom is -0.323 e. The lowest BCUT2D eigenvalue weighted by Crippen LogP contribution is -2.37. The van der Waals surface area contributed by atoms with Crippen molar-refractivity contribution in [2.45, 2.75) is 76.2 Å². The fourth-order valence-electron chi connectivity index (χ4n) is 5.26. The van der Waals surface area contributed by atoms with Crippen molar-refractivity contribution in [2.24, 2.45) is 0 Å². The maximum Gasteiger partial charge on any atom is 0.259 e. The van der Waals surface area contributed by atoms with Crippen molar-refractivity contribution < 1.29 is 9.05 Å². The van der Waals surface area contributed by atoms with E-state index in [9.17, 15) is 0 Å². The Morgan fingerprint density at radius 3 is 0.952 bits per heavy atom. The van der Waals surface area contributed by atoms with Gasteiger partial charge in [0, 0.05) is 23.2 Å².